The third-order valence-electron chi connectivity index (χ3n) is 5.08. The molecule has 0 atom stereocenters. The zero-order valence-corrected chi connectivity index (χ0v) is 18.5. The standard InChI is InChI=1S/C24H21N5O2S/c1-15(2)29-22-19(13-26-29)18(11-20(28-22)21-9-6-10-31-21)23(30)25-12-17-14-32-24(27-17)16-7-4-3-5-8-16/h3-11,13-15H,12H2,1-2H3,(H,25,30). The van der Waals surface area contributed by atoms with Crippen LogP contribution in [-0.2, 0) is 6.54 Å². The molecule has 4 aromatic heterocycles. The van der Waals surface area contributed by atoms with Crippen LogP contribution in [0.25, 0.3) is 33.1 Å². The highest BCUT2D eigenvalue weighted by atomic mass is 32.1. The second kappa shape index (κ2) is 8.39. The summed E-state index contributed by atoms with van der Waals surface area (Å²) in [7, 11) is 0. The lowest BCUT2D eigenvalue weighted by atomic mass is 10.1. The molecular weight excluding hydrogens is 422 g/mol. The first-order chi connectivity index (χ1) is 15.6. The first-order valence-electron chi connectivity index (χ1n) is 10.3. The second-order valence-corrected chi connectivity index (χ2v) is 8.50. The minimum atomic E-state index is -0.206. The molecule has 0 saturated heterocycles. The van der Waals surface area contributed by atoms with Crippen molar-refractivity contribution in [2.75, 3.05) is 0 Å². The van der Waals surface area contributed by atoms with Crippen molar-refractivity contribution < 1.29 is 9.21 Å². The highest BCUT2D eigenvalue weighted by molar-refractivity contribution is 7.13. The van der Waals surface area contributed by atoms with Gasteiger partial charge in [0, 0.05) is 17.0 Å². The Morgan fingerprint density at radius 1 is 1.16 bits per heavy atom. The molecule has 5 aromatic rings. The largest absolute Gasteiger partial charge is 0.463 e. The molecule has 0 radical (unpaired) electrons. The predicted molar refractivity (Wildman–Crippen MR) is 124 cm³/mol. The number of carbonyl (C=O) groups excluding carboxylic acids is 1. The van der Waals surface area contributed by atoms with Gasteiger partial charge in [0.15, 0.2) is 11.4 Å². The van der Waals surface area contributed by atoms with Gasteiger partial charge in [-0.15, -0.1) is 11.3 Å². The predicted octanol–water partition coefficient (Wildman–Crippen LogP) is 5.33. The van der Waals surface area contributed by atoms with E-state index < -0.39 is 0 Å². The first kappa shape index (κ1) is 20.1. The molecule has 160 valence electrons. The summed E-state index contributed by atoms with van der Waals surface area (Å²) in [4.78, 5) is 22.5. The van der Waals surface area contributed by atoms with E-state index in [1.807, 2.05) is 60.3 Å². The third-order valence-corrected chi connectivity index (χ3v) is 6.02. The number of hydrogen-bond donors (Lipinski definition) is 1. The zero-order valence-electron chi connectivity index (χ0n) is 17.6. The molecule has 7 nitrogen and oxygen atoms in total. The minimum Gasteiger partial charge on any atom is -0.463 e. The lowest BCUT2D eigenvalue weighted by Gasteiger charge is -2.10. The van der Waals surface area contributed by atoms with E-state index in [4.69, 9.17) is 9.40 Å². The Balaban J connectivity index is 1.44. The molecular formula is C24H21N5O2S. The Hall–Kier alpha value is -3.78. The maximum atomic E-state index is 13.2. The molecule has 4 heterocycles. The van der Waals surface area contributed by atoms with Crippen LogP contribution >= 0.6 is 11.3 Å². The normalized spacial score (nSPS) is 11.3. The van der Waals surface area contributed by atoms with Gasteiger partial charge in [0.2, 0.25) is 0 Å². The van der Waals surface area contributed by atoms with Gasteiger partial charge in [-0.3, -0.25) is 4.79 Å². The lowest BCUT2D eigenvalue weighted by molar-refractivity contribution is 0.0952. The molecule has 1 amide bonds. The summed E-state index contributed by atoms with van der Waals surface area (Å²) < 4.78 is 7.33. The van der Waals surface area contributed by atoms with Crippen molar-refractivity contribution >= 4 is 28.3 Å². The number of thiazole rings is 1. The van der Waals surface area contributed by atoms with Crippen LogP contribution in [0.4, 0.5) is 0 Å². The molecule has 8 heteroatoms. The fraction of sp³-hybridized carbons (Fsp3) is 0.167. The first-order valence-corrected chi connectivity index (χ1v) is 11.2. The van der Waals surface area contributed by atoms with E-state index >= 15 is 0 Å². The Bertz CT molecular complexity index is 1370. The number of pyridine rings is 1. The van der Waals surface area contributed by atoms with Gasteiger partial charge in [0.25, 0.3) is 5.91 Å². The van der Waals surface area contributed by atoms with Crippen molar-refractivity contribution in [3.63, 3.8) is 0 Å². The van der Waals surface area contributed by atoms with E-state index in [0.717, 1.165) is 16.3 Å². The Morgan fingerprint density at radius 2 is 2.00 bits per heavy atom. The summed E-state index contributed by atoms with van der Waals surface area (Å²) in [5.74, 6) is 0.396. The van der Waals surface area contributed by atoms with Gasteiger partial charge in [-0.05, 0) is 32.0 Å². The molecule has 0 aliphatic heterocycles. The Morgan fingerprint density at radius 3 is 2.75 bits per heavy atom. The maximum absolute atomic E-state index is 13.2. The molecule has 0 saturated carbocycles. The van der Waals surface area contributed by atoms with Gasteiger partial charge in [-0.1, -0.05) is 30.3 Å². The van der Waals surface area contributed by atoms with Gasteiger partial charge < -0.3 is 9.73 Å². The van der Waals surface area contributed by atoms with E-state index in [1.165, 1.54) is 0 Å². The molecule has 0 aliphatic rings. The van der Waals surface area contributed by atoms with Crippen molar-refractivity contribution in [2.24, 2.45) is 0 Å². The average Bonchev–Trinajstić information content (AvgIpc) is 3.58. The molecule has 1 N–H and O–H groups in total. The van der Waals surface area contributed by atoms with Crippen molar-refractivity contribution in [3.8, 4) is 22.0 Å². The summed E-state index contributed by atoms with van der Waals surface area (Å²) in [5, 5.41) is 11.0. The van der Waals surface area contributed by atoms with Crippen molar-refractivity contribution in [3.05, 3.63) is 77.6 Å². The maximum Gasteiger partial charge on any atom is 0.252 e. The van der Waals surface area contributed by atoms with E-state index in [1.54, 1.807) is 35.9 Å². The summed E-state index contributed by atoms with van der Waals surface area (Å²) in [6.45, 7) is 4.39. The van der Waals surface area contributed by atoms with Crippen LogP contribution in [0.15, 0.2) is 70.8 Å². The van der Waals surface area contributed by atoms with Crippen LogP contribution in [-0.4, -0.2) is 25.7 Å². The van der Waals surface area contributed by atoms with Crippen molar-refractivity contribution in [1.29, 1.82) is 0 Å². The molecule has 0 fully saturated rings. The van der Waals surface area contributed by atoms with Crippen molar-refractivity contribution in [1.82, 2.24) is 25.1 Å². The SMILES string of the molecule is CC(C)n1ncc2c(C(=O)NCc3csc(-c4ccccc4)n3)cc(-c3ccco3)nc21. The second-order valence-electron chi connectivity index (χ2n) is 7.65. The average molecular weight is 444 g/mol. The summed E-state index contributed by atoms with van der Waals surface area (Å²) >= 11 is 1.56. The molecule has 0 spiro atoms. The molecule has 32 heavy (non-hydrogen) atoms. The highest BCUT2D eigenvalue weighted by Crippen LogP contribution is 2.27. The quantitative estimate of drug-likeness (QED) is 0.384. The van der Waals surface area contributed by atoms with Crippen molar-refractivity contribution in [2.45, 2.75) is 26.4 Å². The number of fused-ring (bicyclic) bond motifs is 1. The van der Waals surface area contributed by atoms with Gasteiger partial charge >= 0.3 is 0 Å². The summed E-state index contributed by atoms with van der Waals surface area (Å²) in [5.41, 5.74) is 3.63. The molecule has 0 aliphatic carbocycles. The van der Waals surface area contributed by atoms with Gasteiger partial charge in [0.1, 0.15) is 10.7 Å². The van der Waals surface area contributed by atoms with Crippen LogP contribution in [0.3, 0.4) is 0 Å². The molecule has 5 rings (SSSR count). The zero-order chi connectivity index (χ0) is 22.1. The van der Waals surface area contributed by atoms with E-state index in [-0.39, 0.29) is 11.9 Å². The third kappa shape index (κ3) is 3.80. The number of hydrogen-bond acceptors (Lipinski definition) is 6. The number of carbonyl (C=O) groups is 1. The van der Waals surface area contributed by atoms with Crippen LogP contribution in [0.1, 0.15) is 35.9 Å². The van der Waals surface area contributed by atoms with Crippen LogP contribution < -0.4 is 5.32 Å². The number of nitrogens with zero attached hydrogens (tertiary/aromatic N) is 4. The number of amides is 1. The molecule has 1 aromatic carbocycles. The van der Waals surface area contributed by atoms with Gasteiger partial charge in [0.05, 0.1) is 35.6 Å². The Labute approximate surface area is 188 Å². The lowest BCUT2D eigenvalue weighted by Crippen LogP contribution is -2.23. The van der Waals surface area contributed by atoms with Crippen LogP contribution in [0.5, 0.6) is 0 Å². The smallest absolute Gasteiger partial charge is 0.252 e. The number of furan rings is 1. The number of aromatic nitrogens is 4. The number of nitrogens with one attached hydrogen (secondary N) is 1. The number of benzene rings is 1. The van der Waals surface area contributed by atoms with Gasteiger partial charge in [-0.2, -0.15) is 5.10 Å². The minimum absolute atomic E-state index is 0.106. The van der Waals surface area contributed by atoms with Gasteiger partial charge in [-0.25, -0.2) is 14.6 Å². The topological polar surface area (TPSA) is 85.8 Å². The fourth-order valence-electron chi connectivity index (χ4n) is 3.50. The van der Waals surface area contributed by atoms with E-state index in [9.17, 15) is 4.79 Å². The summed E-state index contributed by atoms with van der Waals surface area (Å²) in [6, 6.07) is 15.5. The summed E-state index contributed by atoms with van der Waals surface area (Å²) in [6.07, 6.45) is 3.28. The fourth-order valence-corrected chi connectivity index (χ4v) is 4.33. The molecule has 0 unspecified atom stereocenters. The monoisotopic (exact) mass is 443 g/mol. The number of rotatable bonds is 6. The van der Waals surface area contributed by atoms with Crippen LogP contribution in [0, 0.1) is 0 Å². The van der Waals surface area contributed by atoms with E-state index in [0.29, 0.717) is 34.6 Å². The molecule has 0 bridgehead atoms. The van der Waals surface area contributed by atoms with E-state index in [2.05, 4.69) is 15.4 Å². The highest BCUT2D eigenvalue weighted by Gasteiger charge is 2.19. The Kier molecular flexibility index (Phi) is 5.28. The van der Waals surface area contributed by atoms with Crippen LogP contribution in [0.2, 0.25) is 0 Å².